The number of carbonyl (C=O) groups is 4. The number of hydrogen-bond acceptors (Lipinski definition) is 5. The molecule has 0 bridgehead atoms. The Bertz CT molecular complexity index is 985. The third-order valence-electron chi connectivity index (χ3n) is 4.78. The molecule has 1 aliphatic heterocycles. The summed E-state index contributed by atoms with van der Waals surface area (Å²) in [5, 5.41) is 3.16. The fourth-order valence-electron chi connectivity index (χ4n) is 3.10. The molecule has 0 fully saturated rings. The van der Waals surface area contributed by atoms with Gasteiger partial charge >= 0.3 is 5.97 Å². The van der Waals surface area contributed by atoms with Crippen LogP contribution in [0, 0.1) is 6.92 Å². The zero-order valence-corrected chi connectivity index (χ0v) is 17.4. The summed E-state index contributed by atoms with van der Waals surface area (Å²) in [5.74, 6) is -1.80. The van der Waals surface area contributed by atoms with Gasteiger partial charge in [-0.05, 0) is 50.1 Å². The van der Waals surface area contributed by atoms with E-state index in [0.29, 0.717) is 21.8 Å². The standard InChI is InChI=1S/C22H21ClN2O5/c1-13-9-10-15(23)12-18(13)24-20(27)14(2)30-19(26)8-5-11-25-21(28)16-6-3-4-7-17(16)22(25)29/h3-4,6-7,9-10,12,14H,5,8,11H2,1-2H3,(H,24,27). The van der Waals surface area contributed by atoms with Crippen LogP contribution in [0.3, 0.4) is 0 Å². The number of aryl methyl sites for hydroxylation is 1. The molecule has 8 heteroatoms. The Morgan fingerprint density at radius 2 is 1.73 bits per heavy atom. The van der Waals surface area contributed by atoms with Crippen molar-refractivity contribution >= 4 is 41.0 Å². The van der Waals surface area contributed by atoms with E-state index in [4.69, 9.17) is 16.3 Å². The topological polar surface area (TPSA) is 92.8 Å². The lowest BCUT2D eigenvalue weighted by atomic mass is 10.1. The zero-order chi connectivity index (χ0) is 21.8. The molecule has 0 saturated heterocycles. The lowest BCUT2D eigenvalue weighted by Crippen LogP contribution is -2.32. The Balaban J connectivity index is 1.47. The molecule has 2 aromatic rings. The van der Waals surface area contributed by atoms with Gasteiger partial charge in [0, 0.05) is 23.7 Å². The maximum Gasteiger partial charge on any atom is 0.306 e. The van der Waals surface area contributed by atoms with E-state index in [1.54, 1.807) is 42.5 Å². The van der Waals surface area contributed by atoms with Gasteiger partial charge in [0.15, 0.2) is 6.10 Å². The van der Waals surface area contributed by atoms with Crippen molar-refractivity contribution in [3.8, 4) is 0 Å². The van der Waals surface area contributed by atoms with Gasteiger partial charge in [0.1, 0.15) is 0 Å². The maximum absolute atomic E-state index is 12.3. The average molecular weight is 429 g/mol. The smallest absolute Gasteiger partial charge is 0.306 e. The molecular formula is C22H21ClN2O5. The summed E-state index contributed by atoms with van der Waals surface area (Å²) in [5.41, 5.74) is 2.10. The second-order valence-electron chi connectivity index (χ2n) is 6.99. The summed E-state index contributed by atoms with van der Waals surface area (Å²) in [6.07, 6.45) is -0.789. The Hall–Kier alpha value is -3.19. The second-order valence-corrected chi connectivity index (χ2v) is 7.43. The van der Waals surface area contributed by atoms with Crippen LogP contribution in [-0.2, 0) is 14.3 Å². The SMILES string of the molecule is Cc1ccc(Cl)cc1NC(=O)C(C)OC(=O)CCCN1C(=O)c2ccccc2C1=O. The number of halogens is 1. The third kappa shape index (κ3) is 4.68. The number of nitrogens with zero attached hydrogens (tertiary/aromatic N) is 1. The molecule has 0 radical (unpaired) electrons. The highest BCUT2D eigenvalue weighted by Crippen LogP contribution is 2.23. The Kier molecular flexibility index (Phi) is 6.52. The summed E-state index contributed by atoms with van der Waals surface area (Å²) in [4.78, 5) is 50.1. The number of amides is 3. The molecule has 7 nitrogen and oxygen atoms in total. The van der Waals surface area contributed by atoms with Crippen LogP contribution in [0.4, 0.5) is 5.69 Å². The molecule has 1 N–H and O–H groups in total. The van der Waals surface area contributed by atoms with Crippen molar-refractivity contribution in [1.82, 2.24) is 4.90 Å². The Morgan fingerprint density at radius 3 is 2.37 bits per heavy atom. The van der Waals surface area contributed by atoms with Crippen molar-refractivity contribution in [3.05, 3.63) is 64.2 Å². The fourth-order valence-corrected chi connectivity index (χ4v) is 3.27. The molecule has 1 unspecified atom stereocenters. The molecule has 30 heavy (non-hydrogen) atoms. The summed E-state index contributed by atoms with van der Waals surface area (Å²) in [7, 11) is 0. The van der Waals surface area contributed by atoms with E-state index in [-0.39, 0.29) is 31.2 Å². The Labute approximate surface area is 179 Å². The van der Waals surface area contributed by atoms with E-state index in [1.165, 1.54) is 6.92 Å². The number of carbonyl (C=O) groups excluding carboxylic acids is 4. The van der Waals surface area contributed by atoms with Crippen molar-refractivity contribution in [1.29, 1.82) is 0 Å². The maximum atomic E-state index is 12.3. The molecular weight excluding hydrogens is 408 g/mol. The van der Waals surface area contributed by atoms with Gasteiger partial charge in [-0.3, -0.25) is 24.1 Å². The summed E-state index contributed by atoms with van der Waals surface area (Å²) < 4.78 is 5.16. The normalized spacial score (nSPS) is 13.8. The van der Waals surface area contributed by atoms with Crippen LogP contribution < -0.4 is 5.32 Å². The first-order chi connectivity index (χ1) is 14.3. The summed E-state index contributed by atoms with van der Waals surface area (Å²) >= 11 is 5.94. The second kappa shape index (κ2) is 9.09. The quantitative estimate of drug-likeness (QED) is 0.537. The van der Waals surface area contributed by atoms with Crippen LogP contribution in [0.1, 0.15) is 46.0 Å². The minimum atomic E-state index is -1.00. The van der Waals surface area contributed by atoms with Crippen molar-refractivity contribution in [2.45, 2.75) is 32.8 Å². The van der Waals surface area contributed by atoms with Gasteiger partial charge < -0.3 is 10.1 Å². The number of benzene rings is 2. The number of rotatable bonds is 7. The average Bonchev–Trinajstić information content (AvgIpc) is 2.95. The molecule has 2 aromatic carbocycles. The van der Waals surface area contributed by atoms with Gasteiger partial charge in [0.05, 0.1) is 11.1 Å². The van der Waals surface area contributed by atoms with E-state index in [9.17, 15) is 19.2 Å². The molecule has 3 amide bonds. The van der Waals surface area contributed by atoms with Gasteiger partial charge in [-0.15, -0.1) is 0 Å². The molecule has 1 heterocycles. The van der Waals surface area contributed by atoms with Crippen LogP contribution in [0.5, 0.6) is 0 Å². The third-order valence-corrected chi connectivity index (χ3v) is 5.01. The number of anilines is 1. The first-order valence-corrected chi connectivity index (χ1v) is 9.87. The highest BCUT2D eigenvalue weighted by Gasteiger charge is 2.34. The number of ether oxygens (including phenoxy) is 1. The van der Waals surface area contributed by atoms with E-state index >= 15 is 0 Å². The van der Waals surface area contributed by atoms with E-state index < -0.39 is 18.0 Å². The minimum Gasteiger partial charge on any atom is -0.453 e. The van der Waals surface area contributed by atoms with Crippen molar-refractivity contribution in [2.24, 2.45) is 0 Å². The first-order valence-electron chi connectivity index (χ1n) is 9.49. The molecule has 0 aliphatic carbocycles. The van der Waals surface area contributed by atoms with Crippen LogP contribution in [0.2, 0.25) is 5.02 Å². The molecule has 0 aromatic heterocycles. The Morgan fingerprint density at radius 1 is 1.10 bits per heavy atom. The molecule has 0 saturated carbocycles. The van der Waals surface area contributed by atoms with Crippen molar-refractivity contribution in [2.75, 3.05) is 11.9 Å². The van der Waals surface area contributed by atoms with Gasteiger partial charge in [-0.1, -0.05) is 29.8 Å². The number of hydrogen-bond donors (Lipinski definition) is 1. The van der Waals surface area contributed by atoms with E-state index in [2.05, 4.69) is 5.32 Å². The number of fused-ring (bicyclic) bond motifs is 1. The molecule has 1 aliphatic rings. The minimum absolute atomic E-state index is 0.0266. The monoisotopic (exact) mass is 428 g/mol. The number of imide groups is 1. The highest BCUT2D eigenvalue weighted by molar-refractivity contribution is 6.31. The molecule has 0 spiro atoms. The molecule has 3 rings (SSSR count). The predicted molar refractivity (Wildman–Crippen MR) is 111 cm³/mol. The largest absolute Gasteiger partial charge is 0.453 e. The zero-order valence-electron chi connectivity index (χ0n) is 16.6. The lowest BCUT2D eigenvalue weighted by Gasteiger charge is -2.16. The van der Waals surface area contributed by atoms with Crippen molar-refractivity contribution < 1.29 is 23.9 Å². The molecule has 1 atom stereocenters. The van der Waals surface area contributed by atoms with Crippen LogP contribution in [-0.4, -0.2) is 41.2 Å². The highest BCUT2D eigenvalue weighted by atomic mass is 35.5. The van der Waals surface area contributed by atoms with Gasteiger partial charge in [-0.2, -0.15) is 0 Å². The van der Waals surface area contributed by atoms with Gasteiger partial charge in [-0.25, -0.2) is 0 Å². The fraction of sp³-hybridized carbons (Fsp3) is 0.273. The van der Waals surface area contributed by atoms with Crippen LogP contribution in [0.15, 0.2) is 42.5 Å². The summed E-state index contributed by atoms with van der Waals surface area (Å²) in [6, 6.07) is 11.7. The number of esters is 1. The van der Waals surface area contributed by atoms with Crippen molar-refractivity contribution in [3.63, 3.8) is 0 Å². The lowest BCUT2D eigenvalue weighted by molar-refractivity contribution is -0.153. The van der Waals surface area contributed by atoms with Crippen LogP contribution in [0.25, 0.3) is 0 Å². The summed E-state index contributed by atoms with van der Waals surface area (Å²) in [6.45, 7) is 3.39. The predicted octanol–water partition coefficient (Wildman–Crippen LogP) is 3.60. The van der Waals surface area contributed by atoms with E-state index in [0.717, 1.165) is 10.5 Å². The first kappa shape index (κ1) is 21.5. The molecule has 156 valence electrons. The number of nitrogens with one attached hydrogen (secondary N) is 1. The van der Waals surface area contributed by atoms with Gasteiger partial charge in [0.2, 0.25) is 0 Å². The van der Waals surface area contributed by atoms with E-state index in [1.807, 2.05) is 6.92 Å². The van der Waals surface area contributed by atoms with Crippen LogP contribution >= 0.6 is 11.6 Å². The van der Waals surface area contributed by atoms with Gasteiger partial charge in [0.25, 0.3) is 17.7 Å².